The highest BCUT2D eigenvalue weighted by Crippen LogP contribution is 2.65. The first-order valence-corrected chi connectivity index (χ1v) is 19.1. The third-order valence-electron chi connectivity index (χ3n) is 13.1. The topological polar surface area (TPSA) is 194 Å². The molecule has 5 aliphatic rings. The second-order valence-corrected chi connectivity index (χ2v) is 16.8. The number of hydrogen-bond acceptors (Lipinski definition) is 8. The van der Waals surface area contributed by atoms with Gasteiger partial charge in [-0.15, -0.1) is 0 Å². The Bertz CT molecular complexity index is 1500. The maximum Gasteiger partial charge on any atom is 0.287 e. The summed E-state index contributed by atoms with van der Waals surface area (Å²) < 4.78 is 0. The monoisotopic (exact) mass is 705 g/mol. The smallest absolute Gasteiger partial charge is 0.287 e. The van der Waals surface area contributed by atoms with Crippen LogP contribution in [-0.4, -0.2) is 80.9 Å². The van der Waals surface area contributed by atoms with Gasteiger partial charge in [0.25, 0.3) is 11.8 Å². The Labute approximate surface area is 300 Å². The van der Waals surface area contributed by atoms with Crippen LogP contribution in [0.25, 0.3) is 0 Å². The summed E-state index contributed by atoms with van der Waals surface area (Å²) >= 11 is 0. The van der Waals surface area contributed by atoms with E-state index in [1.54, 1.807) is 4.90 Å². The van der Waals surface area contributed by atoms with Gasteiger partial charge in [-0.1, -0.05) is 78.6 Å². The molecule has 51 heavy (non-hydrogen) atoms. The largest absolute Gasteiger partial charge is 0.363 e. The van der Waals surface area contributed by atoms with E-state index in [-0.39, 0.29) is 40.7 Å². The molecule has 4 saturated carbocycles. The van der Waals surface area contributed by atoms with Gasteiger partial charge in [-0.3, -0.25) is 33.8 Å². The van der Waals surface area contributed by atoms with Crippen LogP contribution in [0.4, 0.5) is 0 Å². The van der Waals surface area contributed by atoms with Gasteiger partial charge >= 0.3 is 0 Å². The molecule has 1 aromatic rings. The number of nitrogens with two attached hydrogens (primary N) is 1. The third-order valence-corrected chi connectivity index (χ3v) is 13.1. The van der Waals surface area contributed by atoms with Gasteiger partial charge in [0, 0.05) is 18.9 Å². The summed E-state index contributed by atoms with van der Waals surface area (Å²) in [6.45, 7) is 6.56. The van der Waals surface area contributed by atoms with E-state index in [0.717, 1.165) is 83.5 Å². The molecular formula is C38H55N7O6. The SMILES string of the molecule is CC1([C@H](NC(=O)[C@@H](NC(=O)c2cnccn2)C2CCCCC2)C(=O)N2C[C@H]3[C@@H]([C@H]2C(=O)N[C@@H](CC2CCC2)C(=O)C(N)=O)C3(C)C)CCCCC1. The van der Waals surface area contributed by atoms with Gasteiger partial charge in [-0.05, 0) is 66.6 Å². The Morgan fingerprint density at radius 2 is 1.57 bits per heavy atom. The lowest BCUT2D eigenvalue weighted by molar-refractivity contribution is -0.148. The minimum Gasteiger partial charge on any atom is -0.363 e. The molecular weight excluding hydrogens is 650 g/mol. The summed E-state index contributed by atoms with van der Waals surface area (Å²) in [5.74, 6) is -3.55. The van der Waals surface area contributed by atoms with Gasteiger partial charge in [-0.2, -0.15) is 0 Å². The van der Waals surface area contributed by atoms with E-state index in [1.165, 1.54) is 18.6 Å². The van der Waals surface area contributed by atoms with Crippen molar-refractivity contribution in [3.05, 3.63) is 24.3 Å². The number of carbonyl (C=O) groups excluding carboxylic acids is 6. The molecule has 0 unspecified atom stereocenters. The van der Waals surface area contributed by atoms with Crippen LogP contribution in [0.5, 0.6) is 0 Å². The molecule has 1 aromatic heterocycles. The number of likely N-dealkylation sites (tertiary alicyclic amines) is 1. The van der Waals surface area contributed by atoms with Crippen molar-refractivity contribution in [3.8, 4) is 0 Å². The molecule has 6 atom stereocenters. The summed E-state index contributed by atoms with van der Waals surface area (Å²) in [6.07, 6.45) is 16.3. The maximum atomic E-state index is 15.0. The van der Waals surface area contributed by atoms with Crippen LogP contribution in [0.2, 0.25) is 0 Å². The Kier molecular flexibility index (Phi) is 10.8. The highest BCUT2D eigenvalue weighted by atomic mass is 16.2. The Hall–Kier alpha value is -3.90. The first kappa shape index (κ1) is 36.9. The molecule has 5 N–H and O–H groups in total. The van der Waals surface area contributed by atoms with Crippen molar-refractivity contribution >= 4 is 35.3 Å². The van der Waals surface area contributed by atoms with Gasteiger partial charge < -0.3 is 26.6 Å². The molecule has 4 aliphatic carbocycles. The summed E-state index contributed by atoms with van der Waals surface area (Å²) in [6, 6.07) is -3.71. The van der Waals surface area contributed by atoms with Gasteiger partial charge in [0.1, 0.15) is 23.8 Å². The minimum atomic E-state index is -1.09. The zero-order chi connectivity index (χ0) is 36.5. The van der Waals surface area contributed by atoms with Crippen LogP contribution in [-0.2, 0) is 24.0 Å². The molecule has 0 bridgehead atoms. The molecule has 5 fully saturated rings. The molecule has 0 spiro atoms. The van der Waals surface area contributed by atoms with Crippen molar-refractivity contribution in [2.24, 2.45) is 40.2 Å². The number of primary amides is 1. The van der Waals surface area contributed by atoms with Crippen LogP contribution in [0.3, 0.4) is 0 Å². The summed E-state index contributed by atoms with van der Waals surface area (Å²) in [5.41, 5.74) is 4.74. The van der Waals surface area contributed by atoms with Gasteiger partial charge in [-0.25, -0.2) is 4.98 Å². The van der Waals surface area contributed by atoms with Crippen LogP contribution in [0.1, 0.15) is 121 Å². The number of ketones is 1. The number of fused-ring (bicyclic) bond motifs is 1. The zero-order valence-corrected chi connectivity index (χ0v) is 30.3. The molecule has 278 valence electrons. The predicted molar refractivity (Wildman–Crippen MR) is 187 cm³/mol. The van der Waals surface area contributed by atoms with E-state index in [2.05, 4.69) is 39.8 Å². The van der Waals surface area contributed by atoms with Crippen molar-refractivity contribution in [2.75, 3.05) is 6.54 Å². The van der Waals surface area contributed by atoms with Crippen molar-refractivity contribution in [3.63, 3.8) is 0 Å². The van der Waals surface area contributed by atoms with E-state index >= 15 is 0 Å². The highest BCUT2D eigenvalue weighted by Gasteiger charge is 2.70. The lowest BCUT2D eigenvalue weighted by Crippen LogP contribution is -2.64. The number of hydrogen-bond donors (Lipinski definition) is 4. The van der Waals surface area contributed by atoms with Crippen LogP contribution < -0.4 is 21.7 Å². The summed E-state index contributed by atoms with van der Waals surface area (Å²) in [4.78, 5) is 91.6. The molecule has 6 rings (SSSR count). The third kappa shape index (κ3) is 7.67. The van der Waals surface area contributed by atoms with Crippen LogP contribution in [0, 0.1) is 34.5 Å². The number of nitrogens with zero attached hydrogens (tertiary/aromatic N) is 3. The first-order chi connectivity index (χ1) is 24.3. The highest BCUT2D eigenvalue weighted by molar-refractivity contribution is 6.37. The average molecular weight is 706 g/mol. The van der Waals surface area contributed by atoms with Crippen molar-refractivity contribution in [1.29, 1.82) is 0 Å². The predicted octanol–water partition coefficient (Wildman–Crippen LogP) is 2.82. The average Bonchev–Trinajstić information content (AvgIpc) is 3.40. The molecule has 5 amide bonds. The molecule has 1 saturated heterocycles. The fourth-order valence-electron chi connectivity index (χ4n) is 9.61. The van der Waals surface area contributed by atoms with Gasteiger partial charge in [0.15, 0.2) is 0 Å². The van der Waals surface area contributed by atoms with E-state index in [4.69, 9.17) is 5.73 Å². The maximum absolute atomic E-state index is 15.0. The lowest BCUT2D eigenvalue weighted by Gasteiger charge is -2.44. The molecule has 13 heteroatoms. The molecule has 1 aliphatic heterocycles. The number of aromatic nitrogens is 2. The number of nitrogens with one attached hydrogen (secondary N) is 3. The van der Waals surface area contributed by atoms with Crippen LogP contribution in [0.15, 0.2) is 18.6 Å². The van der Waals surface area contributed by atoms with Crippen molar-refractivity contribution in [1.82, 2.24) is 30.8 Å². The number of carbonyl (C=O) groups is 6. The standard InChI is InChI=1S/C38H55N7O6/c1-37(2)24-21-45(29(27(24)37)35(50)42-25(30(46)32(39)47)19-22-11-10-12-22)36(51)31(38(3)15-8-5-9-16-38)44-34(49)28(23-13-6-4-7-14-23)43-33(48)26-20-40-17-18-41-26/h17-18,20,22-25,27-29,31H,4-16,19,21H2,1-3H3,(H2,39,47)(H,42,50)(H,43,48)(H,44,49)/t24-,25-,27-,28-,29-,31+/m0/s1. The Morgan fingerprint density at radius 3 is 2.18 bits per heavy atom. The summed E-state index contributed by atoms with van der Waals surface area (Å²) in [5, 5.41) is 8.95. The molecule has 0 aromatic carbocycles. The van der Waals surface area contributed by atoms with E-state index in [0.29, 0.717) is 13.0 Å². The van der Waals surface area contributed by atoms with Gasteiger partial charge in [0.2, 0.25) is 23.5 Å². The van der Waals surface area contributed by atoms with Gasteiger partial charge in [0.05, 0.1) is 12.2 Å². The number of Topliss-reactive ketones (excluding diaryl/α,β-unsaturated/α-hetero) is 1. The quantitative estimate of drug-likeness (QED) is 0.225. The number of rotatable bonds is 13. The fourth-order valence-corrected chi connectivity index (χ4v) is 9.61. The number of amides is 5. The second-order valence-electron chi connectivity index (χ2n) is 16.8. The second kappa shape index (κ2) is 15.0. The lowest BCUT2D eigenvalue weighted by atomic mass is 9.69. The van der Waals surface area contributed by atoms with Crippen molar-refractivity contribution in [2.45, 2.75) is 135 Å². The molecule has 13 nitrogen and oxygen atoms in total. The first-order valence-electron chi connectivity index (χ1n) is 19.1. The zero-order valence-electron chi connectivity index (χ0n) is 30.3. The number of piperidine rings is 1. The van der Waals surface area contributed by atoms with E-state index in [9.17, 15) is 28.8 Å². The minimum absolute atomic E-state index is 0.0749. The fraction of sp³-hybridized carbons (Fsp3) is 0.737. The Balaban J connectivity index is 1.27. The molecule has 2 heterocycles. The van der Waals surface area contributed by atoms with E-state index < -0.39 is 59.0 Å². The van der Waals surface area contributed by atoms with E-state index in [1.807, 2.05) is 6.92 Å². The normalized spacial score (nSPS) is 27.1. The van der Waals surface area contributed by atoms with Crippen molar-refractivity contribution < 1.29 is 28.8 Å². The summed E-state index contributed by atoms with van der Waals surface area (Å²) in [7, 11) is 0. The van der Waals surface area contributed by atoms with Crippen LogP contribution >= 0.6 is 0 Å². The molecule has 0 radical (unpaired) electrons. The Morgan fingerprint density at radius 1 is 0.882 bits per heavy atom.